The van der Waals surface area contributed by atoms with Crippen LogP contribution in [0.5, 0.6) is 0 Å². The highest BCUT2D eigenvalue weighted by Gasteiger charge is 2.14. The van der Waals surface area contributed by atoms with Gasteiger partial charge in [-0.1, -0.05) is 18.2 Å². The largest absolute Gasteiger partial charge is 0.328 e. The molecule has 1 aliphatic rings. The fourth-order valence-electron chi connectivity index (χ4n) is 1.91. The quantitative estimate of drug-likeness (QED) is 0.780. The van der Waals surface area contributed by atoms with E-state index >= 15 is 0 Å². The van der Waals surface area contributed by atoms with Gasteiger partial charge in [0.15, 0.2) is 0 Å². The predicted octanol–water partition coefficient (Wildman–Crippen LogP) is 2.84. The molecule has 0 amide bonds. The number of nitrogens with zero attached hydrogens (tertiary/aromatic N) is 3. The number of aromatic nitrogens is 1. The third kappa shape index (κ3) is 1.99. The number of benzene rings is 1. The highest BCUT2D eigenvalue weighted by Crippen LogP contribution is 2.22. The molecule has 0 spiro atoms. The first-order valence-electron chi connectivity index (χ1n) is 5.60. The molecule has 0 N–H and O–H groups in total. The molecule has 0 unspecified atom stereocenters. The Morgan fingerprint density at radius 2 is 1.35 bits per heavy atom. The van der Waals surface area contributed by atoms with Gasteiger partial charge in [0.2, 0.25) is 0 Å². The lowest BCUT2D eigenvalue weighted by atomic mass is 10.3. The molecule has 84 valence electrons. The molecule has 0 bridgehead atoms. The molecule has 2 aromatic rings. The van der Waals surface area contributed by atoms with Crippen molar-refractivity contribution in [2.75, 3.05) is 16.5 Å². The van der Waals surface area contributed by atoms with Gasteiger partial charge in [-0.05, 0) is 24.3 Å². The van der Waals surface area contributed by atoms with Crippen LogP contribution in [-0.4, -0.2) is 11.7 Å². The lowest BCUT2D eigenvalue weighted by Crippen LogP contribution is -2.24. The summed E-state index contributed by atoms with van der Waals surface area (Å²) in [5.74, 6) is 0. The molecule has 3 rings (SSSR count). The second-order valence-corrected chi connectivity index (χ2v) is 3.92. The van der Waals surface area contributed by atoms with Crippen molar-refractivity contribution in [1.29, 1.82) is 0 Å². The van der Waals surface area contributed by atoms with Gasteiger partial charge in [-0.25, -0.2) is 0 Å². The maximum atomic E-state index is 4.03. The fourth-order valence-corrected chi connectivity index (χ4v) is 1.91. The zero-order valence-corrected chi connectivity index (χ0v) is 9.40. The van der Waals surface area contributed by atoms with Crippen LogP contribution in [0.1, 0.15) is 0 Å². The van der Waals surface area contributed by atoms with Crippen LogP contribution in [-0.2, 0) is 0 Å². The van der Waals surface area contributed by atoms with Crippen LogP contribution in [0.2, 0.25) is 0 Å². The Morgan fingerprint density at radius 1 is 0.765 bits per heavy atom. The van der Waals surface area contributed by atoms with Crippen LogP contribution >= 0.6 is 0 Å². The maximum absolute atomic E-state index is 4.03. The minimum atomic E-state index is 0.841. The van der Waals surface area contributed by atoms with Gasteiger partial charge < -0.3 is 9.80 Å². The molecule has 3 nitrogen and oxygen atoms in total. The lowest BCUT2D eigenvalue weighted by molar-refractivity contribution is 0.973. The Bertz CT molecular complexity index is 460. The third-order valence-corrected chi connectivity index (χ3v) is 2.81. The lowest BCUT2D eigenvalue weighted by Gasteiger charge is -2.21. The van der Waals surface area contributed by atoms with Crippen LogP contribution in [0, 0.1) is 0 Å². The van der Waals surface area contributed by atoms with Crippen LogP contribution in [0.4, 0.5) is 11.4 Å². The monoisotopic (exact) mass is 223 g/mol. The van der Waals surface area contributed by atoms with E-state index in [1.807, 2.05) is 30.6 Å². The van der Waals surface area contributed by atoms with E-state index < -0.39 is 0 Å². The van der Waals surface area contributed by atoms with Gasteiger partial charge in [-0.15, -0.1) is 0 Å². The van der Waals surface area contributed by atoms with Crippen molar-refractivity contribution >= 4 is 11.4 Å². The number of rotatable bonds is 2. The predicted molar refractivity (Wildman–Crippen MR) is 69.6 cm³/mol. The maximum Gasteiger partial charge on any atom is 0.0989 e. The van der Waals surface area contributed by atoms with E-state index in [-0.39, 0.29) is 0 Å². The van der Waals surface area contributed by atoms with E-state index in [4.69, 9.17) is 0 Å². The fraction of sp³-hybridized carbons (Fsp3) is 0.0714. The first-order valence-corrected chi connectivity index (χ1v) is 5.60. The SMILES string of the molecule is C1=CN(c2ccncc2)CN1c1ccccc1. The van der Waals surface area contributed by atoms with Crippen LogP contribution in [0.15, 0.2) is 67.3 Å². The van der Waals surface area contributed by atoms with Crippen LogP contribution in [0.25, 0.3) is 0 Å². The van der Waals surface area contributed by atoms with Crippen molar-refractivity contribution in [1.82, 2.24) is 4.98 Å². The summed E-state index contributed by atoms with van der Waals surface area (Å²) in [6, 6.07) is 14.4. The van der Waals surface area contributed by atoms with Gasteiger partial charge >= 0.3 is 0 Å². The number of hydrogen-bond acceptors (Lipinski definition) is 3. The van der Waals surface area contributed by atoms with Crippen molar-refractivity contribution in [2.45, 2.75) is 0 Å². The average molecular weight is 223 g/mol. The Hall–Kier alpha value is -2.29. The zero-order chi connectivity index (χ0) is 11.5. The molecular weight excluding hydrogens is 210 g/mol. The Labute approximate surface area is 101 Å². The van der Waals surface area contributed by atoms with Gasteiger partial charge in [-0.2, -0.15) is 0 Å². The molecule has 0 saturated carbocycles. The van der Waals surface area contributed by atoms with E-state index in [0.29, 0.717) is 0 Å². The highest BCUT2D eigenvalue weighted by molar-refractivity contribution is 5.58. The minimum Gasteiger partial charge on any atom is -0.328 e. The normalized spacial score (nSPS) is 14.4. The summed E-state index contributed by atoms with van der Waals surface area (Å²) in [4.78, 5) is 8.43. The molecular formula is C14H13N3. The summed E-state index contributed by atoms with van der Waals surface area (Å²) in [7, 11) is 0. The molecule has 0 fully saturated rings. The molecule has 0 aliphatic carbocycles. The molecule has 0 radical (unpaired) electrons. The highest BCUT2D eigenvalue weighted by atomic mass is 15.3. The van der Waals surface area contributed by atoms with E-state index in [1.54, 1.807) is 0 Å². The summed E-state index contributed by atoms with van der Waals surface area (Å²) >= 11 is 0. The van der Waals surface area contributed by atoms with E-state index in [2.05, 4.69) is 51.4 Å². The zero-order valence-electron chi connectivity index (χ0n) is 9.40. The molecule has 1 aliphatic heterocycles. The number of anilines is 2. The molecule has 1 aromatic heterocycles. The average Bonchev–Trinajstić information content (AvgIpc) is 2.90. The van der Waals surface area contributed by atoms with Crippen molar-refractivity contribution < 1.29 is 0 Å². The molecule has 0 saturated heterocycles. The Balaban J connectivity index is 1.78. The third-order valence-electron chi connectivity index (χ3n) is 2.81. The number of hydrogen-bond donors (Lipinski definition) is 0. The first-order chi connectivity index (χ1) is 8.43. The topological polar surface area (TPSA) is 19.4 Å². The van der Waals surface area contributed by atoms with E-state index in [0.717, 1.165) is 12.4 Å². The molecule has 3 heteroatoms. The summed E-state index contributed by atoms with van der Waals surface area (Å²) < 4.78 is 0. The van der Waals surface area contributed by atoms with Crippen LogP contribution in [0.3, 0.4) is 0 Å². The molecule has 2 heterocycles. The van der Waals surface area contributed by atoms with Gasteiger partial charge in [-0.3, -0.25) is 4.98 Å². The smallest absolute Gasteiger partial charge is 0.0989 e. The summed E-state index contributed by atoms with van der Waals surface area (Å²) in [6.45, 7) is 0.841. The standard InChI is InChI=1S/C14H13N3/c1-2-4-13(5-3-1)16-10-11-17(12-16)14-6-8-15-9-7-14/h1-11H,12H2. The summed E-state index contributed by atoms with van der Waals surface area (Å²) in [6.07, 6.45) is 7.81. The number of para-hydroxylation sites is 1. The van der Waals surface area contributed by atoms with Gasteiger partial charge in [0, 0.05) is 36.2 Å². The van der Waals surface area contributed by atoms with Gasteiger partial charge in [0.1, 0.15) is 0 Å². The molecule has 17 heavy (non-hydrogen) atoms. The molecule has 1 aromatic carbocycles. The van der Waals surface area contributed by atoms with E-state index in [9.17, 15) is 0 Å². The van der Waals surface area contributed by atoms with Crippen molar-refractivity contribution in [3.63, 3.8) is 0 Å². The summed E-state index contributed by atoms with van der Waals surface area (Å²) in [5, 5.41) is 0. The Kier molecular flexibility index (Phi) is 2.50. The first kappa shape index (κ1) is 9.90. The van der Waals surface area contributed by atoms with Gasteiger partial charge in [0.05, 0.1) is 6.67 Å². The van der Waals surface area contributed by atoms with Crippen molar-refractivity contribution in [3.8, 4) is 0 Å². The number of pyridine rings is 1. The Morgan fingerprint density at radius 3 is 2.00 bits per heavy atom. The van der Waals surface area contributed by atoms with Crippen molar-refractivity contribution in [2.24, 2.45) is 0 Å². The van der Waals surface area contributed by atoms with E-state index in [1.165, 1.54) is 5.69 Å². The molecule has 0 atom stereocenters. The van der Waals surface area contributed by atoms with Gasteiger partial charge in [0.25, 0.3) is 0 Å². The summed E-state index contributed by atoms with van der Waals surface area (Å²) in [5.41, 5.74) is 2.37. The second kappa shape index (κ2) is 4.29. The second-order valence-electron chi connectivity index (χ2n) is 3.92. The van der Waals surface area contributed by atoms with Crippen LogP contribution < -0.4 is 9.80 Å². The van der Waals surface area contributed by atoms with Crippen molar-refractivity contribution in [3.05, 3.63) is 67.3 Å². The minimum absolute atomic E-state index is 0.841.